The molecule has 26 heavy (non-hydrogen) atoms. The number of H-pyrrole nitrogens is 1. The minimum absolute atomic E-state index is 0.0970. The van der Waals surface area contributed by atoms with Gasteiger partial charge in [-0.3, -0.25) is 4.79 Å². The molecule has 3 aromatic rings. The van der Waals surface area contributed by atoms with Gasteiger partial charge in [-0.1, -0.05) is 24.0 Å². The standard InChI is InChI=1S/C18H15F2N5O/c1-10(5-4-6-11-9-12(19)15(20)25-16(11)21)22-18(26)17-23-13-7-2-3-8-14(13)24-17/h2-3,7-10H,5H2,1H3,(H2,21,25)(H,22,26)(H,23,24)/t10-/m0/s1. The van der Waals surface area contributed by atoms with E-state index in [9.17, 15) is 13.6 Å². The van der Waals surface area contributed by atoms with Crippen LogP contribution in [0.4, 0.5) is 14.6 Å². The maximum atomic E-state index is 13.2. The summed E-state index contributed by atoms with van der Waals surface area (Å²) in [6, 6.07) is 7.91. The number of rotatable bonds is 3. The Morgan fingerprint density at radius 2 is 2.12 bits per heavy atom. The molecule has 0 saturated heterocycles. The fourth-order valence-electron chi connectivity index (χ4n) is 2.28. The second kappa shape index (κ2) is 7.19. The maximum Gasteiger partial charge on any atom is 0.287 e. The fraction of sp³-hybridized carbons (Fsp3) is 0.167. The van der Waals surface area contributed by atoms with E-state index in [1.807, 2.05) is 18.2 Å². The van der Waals surface area contributed by atoms with Gasteiger partial charge in [0.15, 0.2) is 11.6 Å². The van der Waals surface area contributed by atoms with Crippen molar-refractivity contribution in [2.75, 3.05) is 5.73 Å². The third-order valence-electron chi connectivity index (χ3n) is 3.58. The minimum atomic E-state index is -1.26. The van der Waals surface area contributed by atoms with E-state index in [0.717, 1.165) is 11.6 Å². The van der Waals surface area contributed by atoms with Crippen LogP contribution in [0.5, 0.6) is 0 Å². The van der Waals surface area contributed by atoms with Crippen molar-refractivity contribution in [3.63, 3.8) is 0 Å². The van der Waals surface area contributed by atoms with Gasteiger partial charge in [0, 0.05) is 12.5 Å². The van der Waals surface area contributed by atoms with Crippen molar-refractivity contribution in [3.05, 3.63) is 53.5 Å². The molecule has 0 spiro atoms. The number of nitrogen functional groups attached to an aromatic ring is 1. The van der Waals surface area contributed by atoms with Crippen LogP contribution in [0.3, 0.4) is 0 Å². The number of carbonyl (C=O) groups is 1. The highest BCUT2D eigenvalue weighted by molar-refractivity contribution is 5.94. The van der Waals surface area contributed by atoms with E-state index >= 15 is 0 Å². The molecule has 0 unspecified atom stereocenters. The number of carbonyl (C=O) groups excluding carboxylic acids is 1. The van der Waals surface area contributed by atoms with Crippen LogP contribution in [0.1, 0.15) is 29.5 Å². The molecule has 1 atom stereocenters. The predicted octanol–water partition coefficient (Wildman–Crippen LogP) is 2.38. The fourth-order valence-corrected chi connectivity index (χ4v) is 2.28. The summed E-state index contributed by atoms with van der Waals surface area (Å²) in [6.07, 6.45) is 0.282. The van der Waals surface area contributed by atoms with Crippen LogP contribution < -0.4 is 11.1 Å². The Kier molecular flexibility index (Phi) is 4.80. The number of nitrogens with two attached hydrogens (primary N) is 1. The highest BCUT2D eigenvalue weighted by atomic mass is 19.2. The third-order valence-corrected chi connectivity index (χ3v) is 3.58. The van der Waals surface area contributed by atoms with Crippen LogP contribution in [0.2, 0.25) is 0 Å². The third kappa shape index (κ3) is 3.78. The van der Waals surface area contributed by atoms with E-state index < -0.39 is 11.8 Å². The van der Waals surface area contributed by atoms with Crippen molar-refractivity contribution in [1.82, 2.24) is 20.3 Å². The van der Waals surface area contributed by atoms with Gasteiger partial charge in [-0.2, -0.15) is 9.37 Å². The van der Waals surface area contributed by atoms with Crippen molar-refractivity contribution in [3.8, 4) is 11.8 Å². The minimum Gasteiger partial charge on any atom is -0.383 e. The summed E-state index contributed by atoms with van der Waals surface area (Å²) in [7, 11) is 0. The Morgan fingerprint density at radius 3 is 2.88 bits per heavy atom. The quantitative estimate of drug-likeness (QED) is 0.496. The van der Waals surface area contributed by atoms with E-state index in [1.54, 1.807) is 13.0 Å². The maximum absolute atomic E-state index is 13.2. The van der Waals surface area contributed by atoms with Crippen molar-refractivity contribution in [2.45, 2.75) is 19.4 Å². The Morgan fingerprint density at radius 1 is 1.35 bits per heavy atom. The first kappa shape index (κ1) is 17.4. The number of aromatic nitrogens is 3. The summed E-state index contributed by atoms with van der Waals surface area (Å²) in [6.45, 7) is 1.77. The molecule has 0 radical (unpaired) electrons. The number of fused-ring (bicyclic) bond motifs is 1. The second-order valence-corrected chi connectivity index (χ2v) is 5.68. The number of hydrogen-bond acceptors (Lipinski definition) is 4. The van der Waals surface area contributed by atoms with Gasteiger partial charge in [-0.25, -0.2) is 9.37 Å². The number of para-hydroxylation sites is 2. The predicted molar refractivity (Wildman–Crippen MR) is 93.1 cm³/mol. The molecule has 0 saturated carbocycles. The zero-order chi connectivity index (χ0) is 18.7. The van der Waals surface area contributed by atoms with Crippen molar-refractivity contribution >= 4 is 22.8 Å². The Balaban J connectivity index is 1.63. The Bertz CT molecular complexity index is 1000. The van der Waals surface area contributed by atoms with Gasteiger partial charge in [-0.05, 0) is 25.1 Å². The molecular formula is C18H15F2N5O. The van der Waals surface area contributed by atoms with Crippen molar-refractivity contribution in [1.29, 1.82) is 0 Å². The number of benzene rings is 1. The lowest BCUT2D eigenvalue weighted by Gasteiger charge is -2.09. The molecule has 0 aliphatic carbocycles. The summed E-state index contributed by atoms with van der Waals surface area (Å²) in [5, 5.41) is 2.76. The molecule has 8 heteroatoms. The summed E-state index contributed by atoms with van der Waals surface area (Å²) < 4.78 is 26.1. The summed E-state index contributed by atoms with van der Waals surface area (Å²) in [4.78, 5) is 22.6. The van der Waals surface area contributed by atoms with Crippen LogP contribution >= 0.6 is 0 Å². The molecule has 2 aromatic heterocycles. The lowest BCUT2D eigenvalue weighted by molar-refractivity contribution is 0.0931. The van der Waals surface area contributed by atoms with Gasteiger partial charge in [0.1, 0.15) is 5.82 Å². The number of hydrogen-bond donors (Lipinski definition) is 3. The summed E-state index contributed by atoms with van der Waals surface area (Å²) >= 11 is 0. The van der Waals surface area contributed by atoms with Crippen LogP contribution in [0.15, 0.2) is 30.3 Å². The zero-order valence-corrected chi connectivity index (χ0v) is 13.8. The van der Waals surface area contributed by atoms with Crippen LogP contribution in [0.25, 0.3) is 11.0 Å². The van der Waals surface area contributed by atoms with Gasteiger partial charge >= 0.3 is 0 Å². The normalized spacial score (nSPS) is 11.7. The first-order valence-electron chi connectivity index (χ1n) is 7.80. The van der Waals surface area contributed by atoms with Gasteiger partial charge in [-0.15, -0.1) is 0 Å². The van der Waals surface area contributed by atoms with E-state index in [-0.39, 0.29) is 35.6 Å². The highest BCUT2D eigenvalue weighted by Gasteiger charge is 2.13. The number of halogens is 2. The first-order chi connectivity index (χ1) is 12.4. The average Bonchev–Trinajstić information content (AvgIpc) is 3.03. The highest BCUT2D eigenvalue weighted by Crippen LogP contribution is 2.12. The molecule has 0 bridgehead atoms. The van der Waals surface area contributed by atoms with Gasteiger partial charge in [0.2, 0.25) is 0 Å². The van der Waals surface area contributed by atoms with Gasteiger partial charge in [0.05, 0.1) is 16.6 Å². The van der Waals surface area contributed by atoms with E-state index in [0.29, 0.717) is 5.52 Å². The number of anilines is 1. The number of amides is 1. The first-order valence-corrected chi connectivity index (χ1v) is 7.80. The summed E-state index contributed by atoms with van der Waals surface area (Å²) in [5.41, 5.74) is 7.07. The zero-order valence-electron chi connectivity index (χ0n) is 13.8. The number of pyridine rings is 1. The number of nitrogens with zero attached hydrogens (tertiary/aromatic N) is 2. The smallest absolute Gasteiger partial charge is 0.287 e. The topological polar surface area (TPSA) is 96.7 Å². The molecule has 1 aromatic carbocycles. The number of imidazole rings is 1. The Labute approximate surface area is 147 Å². The van der Waals surface area contributed by atoms with Crippen LogP contribution in [-0.4, -0.2) is 26.9 Å². The lowest BCUT2D eigenvalue weighted by Crippen LogP contribution is -2.32. The van der Waals surface area contributed by atoms with Crippen LogP contribution in [0, 0.1) is 23.6 Å². The molecule has 1 amide bonds. The molecule has 2 heterocycles. The van der Waals surface area contributed by atoms with E-state index in [4.69, 9.17) is 5.73 Å². The molecular weight excluding hydrogens is 340 g/mol. The number of nitrogens with one attached hydrogen (secondary N) is 2. The molecule has 3 rings (SSSR count). The Hall–Kier alpha value is -3.47. The average molecular weight is 355 g/mol. The molecule has 0 fully saturated rings. The second-order valence-electron chi connectivity index (χ2n) is 5.68. The molecule has 6 nitrogen and oxygen atoms in total. The van der Waals surface area contributed by atoms with E-state index in [1.165, 1.54) is 0 Å². The molecule has 0 aliphatic heterocycles. The van der Waals surface area contributed by atoms with Crippen LogP contribution in [-0.2, 0) is 0 Å². The SMILES string of the molecule is C[C@@H](CC#Cc1cc(F)c(F)nc1N)NC(=O)c1nc2ccccc2[nH]1. The number of aromatic amines is 1. The van der Waals surface area contributed by atoms with Gasteiger partial charge in [0.25, 0.3) is 11.9 Å². The monoisotopic (exact) mass is 355 g/mol. The van der Waals surface area contributed by atoms with Gasteiger partial charge < -0.3 is 16.0 Å². The lowest BCUT2D eigenvalue weighted by atomic mass is 10.2. The van der Waals surface area contributed by atoms with Crippen molar-refractivity contribution < 1.29 is 13.6 Å². The molecule has 132 valence electrons. The largest absolute Gasteiger partial charge is 0.383 e. The molecule has 0 aliphatic rings. The van der Waals surface area contributed by atoms with E-state index in [2.05, 4.69) is 32.1 Å². The molecule has 4 N–H and O–H groups in total. The van der Waals surface area contributed by atoms with Crippen molar-refractivity contribution in [2.24, 2.45) is 0 Å². The summed E-state index contributed by atoms with van der Waals surface area (Å²) in [5.74, 6) is 2.68.